The van der Waals surface area contributed by atoms with E-state index in [9.17, 15) is 14.7 Å². The number of methoxy groups -OCH3 is 1. The van der Waals surface area contributed by atoms with E-state index in [0.29, 0.717) is 35.9 Å². The van der Waals surface area contributed by atoms with Gasteiger partial charge in [0.15, 0.2) is 5.82 Å². The van der Waals surface area contributed by atoms with Crippen LogP contribution in [0.3, 0.4) is 0 Å². The predicted molar refractivity (Wildman–Crippen MR) is 110 cm³/mol. The lowest BCUT2D eigenvalue weighted by Gasteiger charge is -2.18. The van der Waals surface area contributed by atoms with Crippen LogP contribution in [0.4, 0.5) is 0 Å². The van der Waals surface area contributed by atoms with Gasteiger partial charge in [0, 0.05) is 29.6 Å². The summed E-state index contributed by atoms with van der Waals surface area (Å²) in [6, 6.07) is 0.858. The number of aromatic hydroxyl groups is 1. The Balaban J connectivity index is 1.91. The van der Waals surface area contributed by atoms with E-state index < -0.39 is 12.0 Å². The molecule has 30 heavy (non-hydrogen) atoms. The van der Waals surface area contributed by atoms with Gasteiger partial charge in [-0.15, -0.1) is 0 Å². The topological polar surface area (TPSA) is 124 Å². The molecule has 11 heteroatoms. The van der Waals surface area contributed by atoms with Gasteiger partial charge in [0.25, 0.3) is 0 Å². The number of thioether (sulfide) groups is 1. The molecule has 162 valence electrons. The lowest BCUT2D eigenvalue weighted by atomic mass is 10.1. The molecule has 0 fully saturated rings. The van der Waals surface area contributed by atoms with E-state index in [-0.39, 0.29) is 46.8 Å². The number of ether oxygens (including phenoxy) is 2. The van der Waals surface area contributed by atoms with E-state index >= 15 is 0 Å². The number of carbonyl (C=O) groups is 2. The summed E-state index contributed by atoms with van der Waals surface area (Å²) in [5.41, 5.74) is 0.409. The molecule has 9 nitrogen and oxygen atoms in total. The summed E-state index contributed by atoms with van der Waals surface area (Å²) in [6.45, 7) is 1.82. The van der Waals surface area contributed by atoms with Crippen molar-refractivity contribution in [3.63, 3.8) is 0 Å². The molecule has 3 rings (SSSR count). The van der Waals surface area contributed by atoms with Crippen LogP contribution < -0.4 is 10.1 Å². The van der Waals surface area contributed by atoms with E-state index in [2.05, 4.69) is 15.5 Å². The molecule has 2 heterocycles. The Labute approximate surface area is 182 Å². The molecule has 1 atom stereocenters. The number of nitrogens with one attached hydrogen (secondary N) is 1. The SMILES string of the molecule is COc1cc(O)c2c(c1Cl)C(=O)OCCCCC(=O)N[C@H](c1nc(C)no1)CSC2. The average Bonchev–Trinajstić information content (AvgIpc) is 3.14. The number of amides is 1. The molecule has 0 radical (unpaired) electrons. The number of esters is 1. The number of cyclic esters (lactones) is 1. The number of hydrogen-bond acceptors (Lipinski definition) is 9. The molecule has 2 N–H and O–H groups in total. The summed E-state index contributed by atoms with van der Waals surface area (Å²) in [5, 5.41) is 17.2. The van der Waals surface area contributed by atoms with Crippen LogP contribution in [-0.4, -0.2) is 46.6 Å². The number of fused-ring (bicyclic) bond motifs is 1. The number of hydrogen-bond donors (Lipinski definition) is 2. The Morgan fingerprint density at radius 1 is 1.37 bits per heavy atom. The standard InChI is InChI=1S/C19H22ClN3O6S/c1-10-21-18(29-23-10)12-9-30-8-11-13(24)7-14(27-2)17(20)16(11)19(26)28-6-4-3-5-15(25)22-12/h7,12,24H,3-6,8-9H2,1-2H3,(H,22,25)/t12-/m0/s1. The van der Waals surface area contributed by atoms with E-state index in [1.54, 1.807) is 6.92 Å². The summed E-state index contributed by atoms with van der Waals surface area (Å²) in [5.74, 6) is 0.640. The second-order valence-corrected chi connectivity index (χ2v) is 8.08. The second-order valence-electron chi connectivity index (χ2n) is 6.67. The number of carbonyl (C=O) groups excluding carboxylic acids is 2. The molecule has 0 aliphatic carbocycles. The van der Waals surface area contributed by atoms with Crippen LogP contribution >= 0.6 is 23.4 Å². The molecular weight excluding hydrogens is 434 g/mol. The van der Waals surface area contributed by atoms with Crippen molar-refractivity contribution >= 4 is 35.2 Å². The highest BCUT2D eigenvalue weighted by molar-refractivity contribution is 7.98. The van der Waals surface area contributed by atoms with Crippen LogP contribution in [0.2, 0.25) is 5.02 Å². The van der Waals surface area contributed by atoms with Gasteiger partial charge in [-0.1, -0.05) is 16.8 Å². The maximum atomic E-state index is 12.7. The molecule has 1 aromatic carbocycles. The molecule has 0 unspecified atom stereocenters. The van der Waals surface area contributed by atoms with Crippen LogP contribution in [0.15, 0.2) is 10.6 Å². The first-order chi connectivity index (χ1) is 14.4. The number of rotatable bonds is 2. The fraction of sp³-hybridized carbons (Fsp3) is 0.474. The first kappa shape index (κ1) is 22.2. The number of aryl methyl sites for hydroxylation is 1. The number of aromatic nitrogens is 2. The van der Waals surface area contributed by atoms with Crippen molar-refractivity contribution in [1.82, 2.24) is 15.5 Å². The summed E-state index contributed by atoms with van der Waals surface area (Å²) in [4.78, 5) is 29.2. The van der Waals surface area contributed by atoms with Crippen molar-refractivity contribution in [2.24, 2.45) is 0 Å². The van der Waals surface area contributed by atoms with Crippen molar-refractivity contribution in [2.45, 2.75) is 38.0 Å². The summed E-state index contributed by atoms with van der Waals surface area (Å²) in [7, 11) is 1.40. The maximum Gasteiger partial charge on any atom is 0.340 e. The number of halogens is 1. The fourth-order valence-electron chi connectivity index (χ4n) is 2.97. The van der Waals surface area contributed by atoms with Crippen LogP contribution in [0.5, 0.6) is 11.5 Å². The van der Waals surface area contributed by atoms with Gasteiger partial charge >= 0.3 is 5.97 Å². The third kappa shape index (κ3) is 5.17. The smallest absolute Gasteiger partial charge is 0.340 e. The Morgan fingerprint density at radius 3 is 2.87 bits per heavy atom. The third-order valence-electron chi connectivity index (χ3n) is 4.48. The largest absolute Gasteiger partial charge is 0.507 e. The van der Waals surface area contributed by atoms with Crippen LogP contribution in [-0.2, 0) is 15.3 Å². The molecule has 0 saturated carbocycles. The Bertz CT molecular complexity index is 935. The molecule has 0 spiro atoms. The van der Waals surface area contributed by atoms with Crippen molar-refractivity contribution in [3.8, 4) is 11.5 Å². The fourth-order valence-corrected chi connectivity index (χ4v) is 4.36. The molecule has 1 aliphatic rings. The normalized spacial score (nSPS) is 18.7. The third-order valence-corrected chi connectivity index (χ3v) is 5.91. The van der Waals surface area contributed by atoms with Gasteiger partial charge in [-0.2, -0.15) is 16.7 Å². The number of phenolic OH excluding ortho intramolecular Hbond substituents is 1. The second kappa shape index (κ2) is 10.0. The average molecular weight is 456 g/mol. The first-order valence-corrected chi connectivity index (χ1v) is 10.9. The van der Waals surface area contributed by atoms with Crippen LogP contribution in [0.1, 0.15) is 52.9 Å². The number of phenols is 1. The molecule has 0 bridgehead atoms. The zero-order chi connectivity index (χ0) is 21.7. The lowest BCUT2D eigenvalue weighted by molar-refractivity contribution is -0.122. The summed E-state index contributed by atoms with van der Waals surface area (Å²) in [6.07, 6.45) is 1.31. The zero-order valence-electron chi connectivity index (χ0n) is 16.6. The minimum Gasteiger partial charge on any atom is -0.507 e. The van der Waals surface area contributed by atoms with E-state index in [4.69, 9.17) is 25.6 Å². The van der Waals surface area contributed by atoms with Crippen LogP contribution in [0.25, 0.3) is 0 Å². The van der Waals surface area contributed by atoms with Gasteiger partial charge in [0.2, 0.25) is 11.8 Å². The molecule has 2 aromatic rings. The molecule has 1 aliphatic heterocycles. The van der Waals surface area contributed by atoms with E-state index in [1.165, 1.54) is 24.9 Å². The zero-order valence-corrected chi connectivity index (χ0v) is 18.1. The lowest BCUT2D eigenvalue weighted by Crippen LogP contribution is -2.30. The molecular formula is C19H22ClN3O6S. The first-order valence-electron chi connectivity index (χ1n) is 9.33. The van der Waals surface area contributed by atoms with Crippen molar-refractivity contribution in [1.29, 1.82) is 0 Å². The highest BCUT2D eigenvalue weighted by Gasteiger charge is 2.26. The minimum absolute atomic E-state index is 0.0762. The number of benzene rings is 1. The molecule has 1 amide bonds. The molecule has 0 saturated heterocycles. The molecule has 1 aromatic heterocycles. The summed E-state index contributed by atoms with van der Waals surface area (Å²) >= 11 is 7.72. The van der Waals surface area contributed by atoms with Crippen molar-refractivity contribution in [2.75, 3.05) is 19.5 Å². The monoisotopic (exact) mass is 455 g/mol. The van der Waals surface area contributed by atoms with Gasteiger partial charge < -0.3 is 24.4 Å². The van der Waals surface area contributed by atoms with Crippen molar-refractivity contribution < 1.29 is 28.7 Å². The highest BCUT2D eigenvalue weighted by Crippen LogP contribution is 2.39. The van der Waals surface area contributed by atoms with Gasteiger partial charge in [0.05, 0.1) is 24.3 Å². The van der Waals surface area contributed by atoms with E-state index in [0.717, 1.165) is 0 Å². The summed E-state index contributed by atoms with van der Waals surface area (Å²) < 4.78 is 15.7. The van der Waals surface area contributed by atoms with Gasteiger partial charge in [-0.3, -0.25) is 4.79 Å². The predicted octanol–water partition coefficient (Wildman–Crippen LogP) is 3.18. The maximum absolute atomic E-state index is 12.7. The Morgan fingerprint density at radius 2 is 2.17 bits per heavy atom. The Hall–Kier alpha value is -2.46. The number of nitrogens with zero attached hydrogens (tertiary/aromatic N) is 2. The van der Waals surface area contributed by atoms with Gasteiger partial charge in [0.1, 0.15) is 17.5 Å². The van der Waals surface area contributed by atoms with E-state index in [1.807, 2.05) is 0 Å². The van der Waals surface area contributed by atoms with Gasteiger partial charge in [-0.05, 0) is 19.8 Å². The van der Waals surface area contributed by atoms with Crippen LogP contribution in [0, 0.1) is 6.92 Å². The highest BCUT2D eigenvalue weighted by atomic mass is 35.5. The van der Waals surface area contributed by atoms with Crippen molar-refractivity contribution in [3.05, 3.63) is 33.9 Å². The minimum atomic E-state index is -0.643. The van der Waals surface area contributed by atoms with Gasteiger partial charge in [-0.25, -0.2) is 4.79 Å². The quantitative estimate of drug-likeness (QED) is 0.657. The Kier molecular flexibility index (Phi) is 7.43.